The predicted octanol–water partition coefficient (Wildman–Crippen LogP) is 4.11. The zero-order valence-electron chi connectivity index (χ0n) is 17.8. The van der Waals surface area contributed by atoms with E-state index in [0.29, 0.717) is 58.0 Å². The first-order chi connectivity index (χ1) is 15.4. The van der Waals surface area contributed by atoms with Gasteiger partial charge in [0.15, 0.2) is 0 Å². The van der Waals surface area contributed by atoms with Crippen LogP contribution in [0.25, 0.3) is 0 Å². The average molecular weight is 455 g/mol. The zero-order valence-corrected chi connectivity index (χ0v) is 17.8. The van der Waals surface area contributed by atoms with Gasteiger partial charge in [-0.25, -0.2) is 4.79 Å². The molecule has 1 aromatic heterocycles. The highest BCUT2D eigenvalue weighted by molar-refractivity contribution is 5.89. The van der Waals surface area contributed by atoms with Crippen LogP contribution in [0.3, 0.4) is 0 Å². The smallest absolute Gasteiger partial charge is 0.411 e. The highest BCUT2D eigenvalue weighted by atomic mass is 19.4. The Balaban J connectivity index is 1.34. The van der Waals surface area contributed by atoms with Crippen molar-refractivity contribution >= 4 is 11.7 Å². The van der Waals surface area contributed by atoms with Crippen molar-refractivity contribution in [3.05, 3.63) is 54.0 Å². The fourth-order valence-electron chi connectivity index (χ4n) is 3.36. The van der Waals surface area contributed by atoms with Gasteiger partial charge in [-0.1, -0.05) is 12.1 Å². The second-order valence-corrected chi connectivity index (χ2v) is 7.55. The molecule has 2 aromatic rings. The summed E-state index contributed by atoms with van der Waals surface area (Å²) in [5.74, 6) is 0.752. The third kappa shape index (κ3) is 8.52. The molecule has 0 unspecified atom stereocenters. The van der Waals surface area contributed by atoms with Crippen LogP contribution in [0.4, 0.5) is 23.7 Å². The number of nitrogens with one attached hydrogen (secondary N) is 1. The third-order valence-electron chi connectivity index (χ3n) is 4.96. The average Bonchev–Trinajstić information content (AvgIpc) is 3.27. The Morgan fingerprint density at radius 2 is 1.88 bits per heavy atom. The summed E-state index contributed by atoms with van der Waals surface area (Å²) in [6, 6.07) is 11.0. The normalized spacial score (nSPS) is 15.2. The van der Waals surface area contributed by atoms with Gasteiger partial charge in [-0.05, 0) is 36.2 Å². The van der Waals surface area contributed by atoms with Crippen molar-refractivity contribution in [3.8, 4) is 0 Å². The van der Waals surface area contributed by atoms with Crippen molar-refractivity contribution in [2.45, 2.75) is 25.8 Å². The second-order valence-electron chi connectivity index (χ2n) is 7.55. The molecule has 7 nitrogen and oxygen atoms in total. The first kappa shape index (κ1) is 24.1. The molecule has 2 heterocycles. The van der Waals surface area contributed by atoms with E-state index in [0.717, 1.165) is 11.3 Å². The molecule has 3 rings (SSSR count). The highest BCUT2D eigenvalue weighted by Gasteiger charge is 2.27. The van der Waals surface area contributed by atoms with Crippen molar-refractivity contribution in [1.29, 1.82) is 0 Å². The minimum Gasteiger partial charge on any atom is -0.467 e. The molecule has 0 spiro atoms. The number of anilines is 1. The molecule has 0 saturated carbocycles. The molecule has 10 heteroatoms. The van der Waals surface area contributed by atoms with E-state index in [2.05, 4.69) is 15.0 Å². The van der Waals surface area contributed by atoms with Crippen molar-refractivity contribution in [2.75, 3.05) is 51.3 Å². The van der Waals surface area contributed by atoms with Gasteiger partial charge in [0.1, 0.15) is 19.0 Å². The molecule has 0 aliphatic carbocycles. The van der Waals surface area contributed by atoms with Crippen LogP contribution in [0.15, 0.2) is 47.1 Å². The maximum Gasteiger partial charge on any atom is 0.411 e. The molecule has 2 amide bonds. The molecular weight excluding hydrogens is 427 g/mol. The number of amides is 2. The maximum atomic E-state index is 12.6. The number of halogens is 3. The van der Waals surface area contributed by atoms with Gasteiger partial charge in [-0.3, -0.25) is 4.90 Å². The number of alkyl halides is 3. The number of ether oxygens (including phenoxy) is 2. The van der Waals surface area contributed by atoms with Crippen molar-refractivity contribution in [2.24, 2.45) is 0 Å². The monoisotopic (exact) mass is 455 g/mol. The van der Waals surface area contributed by atoms with Gasteiger partial charge in [0.05, 0.1) is 12.9 Å². The van der Waals surface area contributed by atoms with E-state index in [1.165, 1.54) is 0 Å². The number of benzene rings is 1. The number of carbonyl (C=O) groups excluding carboxylic acids is 1. The molecular formula is C22H28F3N3O4. The second kappa shape index (κ2) is 11.9. The van der Waals surface area contributed by atoms with Gasteiger partial charge < -0.3 is 24.1 Å². The number of carbonyl (C=O) groups is 1. The minimum atomic E-state index is -4.29. The lowest BCUT2D eigenvalue weighted by Crippen LogP contribution is -2.50. The number of rotatable bonds is 10. The fraction of sp³-hybridized carbons (Fsp3) is 0.500. The Labute approximate surface area is 185 Å². The molecule has 176 valence electrons. The van der Waals surface area contributed by atoms with E-state index in [-0.39, 0.29) is 12.6 Å². The SMILES string of the molecule is O=C(Nc1cccc(COCc2ccco2)c1)N1CCN(CCCOCC(F)(F)F)CC1. The molecule has 1 saturated heterocycles. The first-order valence-electron chi connectivity index (χ1n) is 10.5. The van der Waals surface area contributed by atoms with Gasteiger partial charge in [0, 0.05) is 45.0 Å². The van der Waals surface area contributed by atoms with E-state index in [9.17, 15) is 18.0 Å². The fourth-order valence-corrected chi connectivity index (χ4v) is 3.36. The largest absolute Gasteiger partial charge is 0.467 e. The molecule has 0 bridgehead atoms. The van der Waals surface area contributed by atoms with Crippen LogP contribution in [0.2, 0.25) is 0 Å². The topological polar surface area (TPSA) is 67.2 Å². The van der Waals surface area contributed by atoms with Crippen molar-refractivity contribution < 1.29 is 31.9 Å². The van der Waals surface area contributed by atoms with Crippen LogP contribution in [0, 0.1) is 0 Å². The Morgan fingerprint density at radius 3 is 2.59 bits per heavy atom. The molecule has 1 fully saturated rings. The molecule has 32 heavy (non-hydrogen) atoms. The van der Waals surface area contributed by atoms with Crippen LogP contribution < -0.4 is 5.32 Å². The summed E-state index contributed by atoms with van der Waals surface area (Å²) in [5, 5.41) is 2.91. The Morgan fingerprint density at radius 1 is 1.06 bits per heavy atom. The molecule has 1 aliphatic rings. The van der Waals surface area contributed by atoms with E-state index >= 15 is 0 Å². The van der Waals surface area contributed by atoms with Crippen LogP contribution in [-0.4, -0.2) is 67.9 Å². The number of piperazine rings is 1. The van der Waals surface area contributed by atoms with Crippen LogP contribution in [-0.2, 0) is 22.7 Å². The molecule has 1 N–H and O–H groups in total. The van der Waals surface area contributed by atoms with Crippen LogP contribution in [0.1, 0.15) is 17.7 Å². The number of nitrogens with zero attached hydrogens (tertiary/aromatic N) is 2. The minimum absolute atomic E-state index is 0.0712. The zero-order chi connectivity index (χ0) is 22.8. The first-order valence-corrected chi connectivity index (χ1v) is 10.5. The summed E-state index contributed by atoms with van der Waals surface area (Å²) in [7, 11) is 0. The van der Waals surface area contributed by atoms with E-state index < -0.39 is 12.8 Å². The van der Waals surface area contributed by atoms with Gasteiger partial charge in [0.2, 0.25) is 0 Å². The quantitative estimate of drug-likeness (QED) is 0.546. The maximum absolute atomic E-state index is 12.6. The summed E-state index contributed by atoms with van der Waals surface area (Å²) < 4.78 is 51.6. The summed E-state index contributed by atoms with van der Waals surface area (Å²) in [6.07, 6.45) is -2.16. The predicted molar refractivity (Wildman–Crippen MR) is 112 cm³/mol. The Hall–Kier alpha value is -2.56. The molecule has 1 aliphatic heterocycles. The molecule has 1 aromatic carbocycles. The molecule has 0 radical (unpaired) electrons. The van der Waals surface area contributed by atoms with Crippen molar-refractivity contribution in [3.63, 3.8) is 0 Å². The Kier molecular flexibility index (Phi) is 8.95. The Bertz CT molecular complexity index is 822. The van der Waals surface area contributed by atoms with Gasteiger partial charge in [-0.15, -0.1) is 0 Å². The van der Waals surface area contributed by atoms with Crippen LogP contribution in [0.5, 0.6) is 0 Å². The summed E-state index contributed by atoms with van der Waals surface area (Å²) in [5.41, 5.74) is 1.63. The number of hydrogen-bond donors (Lipinski definition) is 1. The van der Waals surface area contributed by atoms with E-state index in [1.54, 1.807) is 11.2 Å². The number of furan rings is 1. The van der Waals surface area contributed by atoms with Crippen molar-refractivity contribution in [1.82, 2.24) is 9.80 Å². The third-order valence-corrected chi connectivity index (χ3v) is 4.96. The summed E-state index contributed by atoms with van der Waals surface area (Å²) in [4.78, 5) is 16.4. The van der Waals surface area contributed by atoms with E-state index in [4.69, 9.17) is 9.15 Å². The van der Waals surface area contributed by atoms with E-state index in [1.807, 2.05) is 36.4 Å². The van der Waals surface area contributed by atoms with Crippen LogP contribution >= 0.6 is 0 Å². The lowest BCUT2D eigenvalue weighted by molar-refractivity contribution is -0.174. The standard InChI is InChI=1S/C22H28F3N3O4/c23-22(24,25)17-30-12-3-7-27-8-10-28(11-9-27)21(29)26-19-5-1-4-18(14-19)15-31-16-20-6-2-13-32-20/h1-2,4-6,13-14H,3,7-12,15-17H2,(H,26,29). The van der Waals surface area contributed by atoms with Gasteiger partial charge in [0.25, 0.3) is 0 Å². The van der Waals surface area contributed by atoms with Gasteiger partial charge >= 0.3 is 12.2 Å². The van der Waals surface area contributed by atoms with Gasteiger partial charge in [-0.2, -0.15) is 13.2 Å². The lowest BCUT2D eigenvalue weighted by atomic mass is 10.2. The number of hydrogen-bond acceptors (Lipinski definition) is 5. The molecule has 0 atom stereocenters. The highest BCUT2D eigenvalue weighted by Crippen LogP contribution is 2.16. The lowest BCUT2D eigenvalue weighted by Gasteiger charge is -2.34. The number of urea groups is 1. The summed E-state index contributed by atoms with van der Waals surface area (Å²) >= 11 is 0. The summed E-state index contributed by atoms with van der Waals surface area (Å²) in [6.45, 7) is 2.74.